The van der Waals surface area contributed by atoms with E-state index in [0.29, 0.717) is 5.56 Å². The summed E-state index contributed by atoms with van der Waals surface area (Å²) in [6, 6.07) is 2.54. The van der Waals surface area contributed by atoms with E-state index >= 15 is 0 Å². The molecular weight excluding hydrogens is 280 g/mol. The molecule has 0 aliphatic rings. The fourth-order valence-corrected chi connectivity index (χ4v) is 1.65. The Balaban J connectivity index is 3.51. The van der Waals surface area contributed by atoms with E-state index in [1.165, 1.54) is 19.1 Å². The first-order valence-corrected chi connectivity index (χ1v) is 6.32. The lowest BCUT2D eigenvalue weighted by Crippen LogP contribution is -2.16. The Morgan fingerprint density at radius 3 is 1.90 bits per heavy atom. The van der Waals surface area contributed by atoms with Gasteiger partial charge in [-0.1, -0.05) is 20.8 Å². The van der Waals surface area contributed by atoms with Gasteiger partial charge in [-0.3, -0.25) is 20.2 Å². The van der Waals surface area contributed by atoms with Crippen LogP contribution < -0.4 is 4.74 Å². The van der Waals surface area contributed by atoms with Crippen LogP contribution in [0.25, 0.3) is 0 Å². The average molecular weight is 298 g/mol. The summed E-state index contributed by atoms with van der Waals surface area (Å²) in [5.41, 5.74) is -0.979. The number of benzene rings is 1. The van der Waals surface area contributed by atoms with Crippen LogP contribution in [0.3, 0.4) is 0 Å². The number of rotatable bonds is 5. The van der Waals surface area contributed by atoms with E-state index in [1.54, 1.807) is 20.8 Å². The average Bonchev–Trinajstić information content (AvgIpc) is 2.33. The molecule has 0 heterocycles. The van der Waals surface area contributed by atoms with Gasteiger partial charge < -0.3 is 9.84 Å². The van der Waals surface area contributed by atoms with Crippen molar-refractivity contribution in [3.63, 3.8) is 0 Å². The minimum absolute atomic E-state index is 0.267. The normalized spacial score (nSPS) is 12.8. The molecule has 8 nitrogen and oxygen atoms in total. The van der Waals surface area contributed by atoms with E-state index in [2.05, 4.69) is 0 Å². The number of nitro benzene ring substituents is 2. The summed E-state index contributed by atoms with van der Waals surface area (Å²) in [6.07, 6.45) is -0.897. The maximum Gasteiger partial charge on any atom is 0.318 e. The molecule has 21 heavy (non-hydrogen) atoms. The van der Waals surface area contributed by atoms with Crippen molar-refractivity contribution in [3.05, 3.63) is 37.9 Å². The lowest BCUT2D eigenvalue weighted by Gasteiger charge is -2.19. The predicted molar refractivity (Wildman–Crippen MR) is 75.6 cm³/mol. The molecule has 1 N–H and O–H groups in total. The molecule has 0 radical (unpaired) electrons. The van der Waals surface area contributed by atoms with Gasteiger partial charge in [0.05, 0.1) is 16.0 Å². The third-order valence-electron chi connectivity index (χ3n) is 2.78. The zero-order valence-electron chi connectivity index (χ0n) is 12.3. The maximum absolute atomic E-state index is 11.2. The van der Waals surface area contributed by atoms with Crippen LogP contribution >= 0.6 is 0 Å². The van der Waals surface area contributed by atoms with Crippen molar-refractivity contribution in [2.75, 3.05) is 6.61 Å². The summed E-state index contributed by atoms with van der Waals surface area (Å²) in [6.45, 7) is 6.54. The molecule has 1 atom stereocenters. The van der Waals surface area contributed by atoms with Gasteiger partial charge in [-0.25, -0.2) is 0 Å². The Bertz CT molecular complexity index is 527. The van der Waals surface area contributed by atoms with E-state index in [1.807, 2.05) is 0 Å². The first-order chi connectivity index (χ1) is 9.54. The number of hydrogen-bond acceptors (Lipinski definition) is 6. The highest BCUT2D eigenvalue weighted by atomic mass is 16.6. The molecule has 0 bridgehead atoms. The Kier molecular flexibility index (Phi) is 4.84. The molecule has 0 fully saturated rings. The van der Waals surface area contributed by atoms with Crippen LogP contribution in [0.2, 0.25) is 0 Å². The van der Waals surface area contributed by atoms with Gasteiger partial charge in [-0.05, 0) is 17.9 Å². The summed E-state index contributed by atoms with van der Waals surface area (Å²) in [5, 5.41) is 31.5. The topological polar surface area (TPSA) is 116 Å². The van der Waals surface area contributed by atoms with Crippen molar-refractivity contribution in [3.8, 4) is 5.75 Å². The number of hydrogen-bond donors (Lipinski definition) is 1. The highest BCUT2D eigenvalue weighted by Gasteiger charge is 2.31. The zero-order chi connectivity index (χ0) is 16.4. The zero-order valence-corrected chi connectivity index (χ0v) is 12.3. The van der Waals surface area contributed by atoms with E-state index in [4.69, 9.17) is 4.74 Å². The highest BCUT2D eigenvalue weighted by Crippen LogP contribution is 2.41. The molecular formula is C13H18N2O6. The standard InChI is InChI=1S/C13H18N2O6/c1-8(16)7-21-12-10(14(17)18)5-9(13(2,3)4)6-11(12)15(19)20/h5-6,8,16H,7H2,1-4H3. The monoisotopic (exact) mass is 298 g/mol. The van der Waals surface area contributed by atoms with E-state index < -0.39 is 38.5 Å². The molecule has 0 amide bonds. The van der Waals surface area contributed by atoms with Crippen molar-refractivity contribution in [1.82, 2.24) is 0 Å². The van der Waals surface area contributed by atoms with Gasteiger partial charge in [0.25, 0.3) is 5.75 Å². The van der Waals surface area contributed by atoms with Crippen LogP contribution in [0.1, 0.15) is 33.3 Å². The maximum atomic E-state index is 11.2. The van der Waals surface area contributed by atoms with Crippen LogP contribution in [-0.4, -0.2) is 27.7 Å². The molecule has 0 saturated heterocycles. The molecule has 0 saturated carbocycles. The van der Waals surface area contributed by atoms with Crippen molar-refractivity contribution >= 4 is 11.4 Å². The number of nitrogens with zero attached hydrogens (tertiary/aromatic N) is 2. The van der Waals surface area contributed by atoms with Gasteiger partial charge in [0.15, 0.2) is 0 Å². The molecule has 0 aromatic heterocycles. The fraction of sp³-hybridized carbons (Fsp3) is 0.538. The number of aliphatic hydroxyl groups excluding tert-OH is 1. The van der Waals surface area contributed by atoms with Gasteiger partial charge in [0.1, 0.15) is 6.61 Å². The first-order valence-electron chi connectivity index (χ1n) is 6.32. The Morgan fingerprint density at radius 2 is 1.62 bits per heavy atom. The molecule has 116 valence electrons. The smallest absolute Gasteiger partial charge is 0.318 e. The second kappa shape index (κ2) is 6.04. The highest BCUT2D eigenvalue weighted by molar-refractivity contribution is 5.63. The van der Waals surface area contributed by atoms with E-state index in [-0.39, 0.29) is 6.61 Å². The molecule has 8 heteroatoms. The van der Waals surface area contributed by atoms with Crippen LogP contribution in [0, 0.1) is 20.2 Å². The van der Waals surface area contributed by atoms with E-state index in [0.717, 1.165) is 0 Å². The van der Waals surface area contributed by atoms with Crippen LogP contribution in [0.4, 0.5) is 11.4 Å². The molecule has 1 aromatic carbocycles. The quantitative estimate of drug-likeness (QED) is 0.659. The van der Waals surface area contributed by atoms with Gasteiger partial charge in [-0.2, -0.15) is 0 Å². The minimum atomic E-state index is -0.897. The van der Waals surface area contributed by atoms with Crippen molar-refractivity contribution < 1.29 is 19.7 Å². The third-order valence-corrected chi connectivity index (χ3v) is 2.78. The molecule has 1 aromatic rings. The molecule has 1 rings (SSSR count). The minimum Gasteiger partial charge on any atom is -0.479 e. The van der Waals surface area contributed by atoms with Crippen LogP contribution in [-0.2, 0) is 5.41 Å². The Morgan fingerprint density at radius 1 is 1.19 bits per heavy atom. The van der Waals surface area contributed by atoms with Gasteiger partial charge in [0, 0.05) is 12.1 Å². The van der Waals surface area contributed by atoms with Gasteiger partial charge in [0.2, 0.25) is 0 Å². The lowest BCUT2D eigenvalue weighted by molar-refractivity contribution is -0.396. The largest absolute Gasteiger partial charge is 0.479 e. The number of ether oxygens (including phenoxy) is 1. The summed E-state index contributed by atoms with van der Waals surface area (Å²) < 4.78 is 5.09. The Hall–Kier alpha value is -2.22. The first kappa shape index (κ1) is 16.8. The van der Waals surface area contributed by atoms with Gasteiger partial charge in [-0.15, -0.1) is 0 Å². The summed E-state index contributed by atoms with van der Waals surface area (Å²) in [4.78, 5) is 20.9. The molecule has 0 aliphatic heterocycles. The fourth-order valence-electron chi connectivity index (χ4n) is 1.65. The molecule has 0 spiro atoms. The summed E-state index contributed by atoms with van der Waals surface area (Å²) >= 11 is 0. The SMILES string of the molecule is CC(O)COc1c([N+](=O)[O-])cc(C(C)(C)C)cc1[N+](=O)[O-]. The number of aliphatic hydroxyl groups is 1. The van der Waals surface area contributed by atoms with Crippen molar-refractivity contribution in [1.29, 1.82) is 0 Å². The molecule has 0 aliphatic carbocycles. The number of nitro groups is 2. The Labute approximate surface area is 121 Å². The third kappa shape index (κ3) is 4.12. The van der Waals surface area contributed by atoms with Crippen molar-refractivity contribution in [2.24, 2.45) is 0 Å². The van der Waals surface area contributed by atoms with Crippen LogP contribution in [0.15, 0.2) is 12.1 Å². The summed E-state index contributed by atoms with van der Waals surface area (Å²) in [7, 11) is 0. The lowest BCUT2D eigenvalue weighted by atomic mass is 9.86. The van der Waals surface area contributed by atoms with E-state index in [9.17, 15) is 25.3 Å². The predicted octanol–water partition coefficient (Wildman–Crippen LogP) is 2.56. The van der Waals surface area contributed by atoms with Crippen molar-refractivity contribution in [2.45, 2.75) is 39.2 Å². The second-order valence-electron chi connectivity index (χ2n) is 5.77. The van der Waals surface area contributed by atoms with Gasteiger partial charge >= 0.3 is 11.4 Å². The molecule has 1 unspecified atom stereocenters. The van der Waals surface area contributed by atoms with Crippen LogP contribution in [0.5, 0.6) is 5.75 Å². The summed E-state index contributed by atoms with van der Waals surface area (Å²) in [5.74, 6) is -0.432. The second-order valence-corrected chi connectivity index (χ2v) is 5.77.